The van der Waals surface area contributed by atoms with Crippen molar-refractivity contribution in [3.63, 3.8) is 0 Å². The predicted octanol–water partition coefficient (Wildman–Crippen LogP) is 1.68. The van der Waals surface area contributed by atoms with Crippen LogP contribution < -0.4 is 5.73 Å². The van der Waals surface area contributed by atoms with E-state index in [-0.39, 0.29) is 5.92 Å². The number of hydrogen-bond acceptors (Lipinski definition) is 3. The maximum absolute atomic E-state index is 10.7. The summed E-state index contributed by atoms with van der Waals surface area (Å²) in [6, 6.07) is 7.39. The Morgan fingerprint density at radius 2 is 2.33 bits per heavy atom. The van der Waals surface area contributed by atoms with Crippen molar-refractivity contribution in [3.05, 3.63) is 29.8 Å². The molecule has 15 heavy (non-hydrogen) atoms. The van der Waals surface area contributed by atoms with Crippen molar-refractivity contribution < 1.29 is 9.90 Å². The van der Waals surface area contributed by atoms with Gasteiger partial charge in [-0.05, 0) is 24.0 Å². The maximum atomic E-state index is 10.7. The first kappa shape index (κ1) is 10.5. The molecule has 0 bridgehead atoms. The molecule has 1 aromatic carbocycles. The number of carboxylic acid groups (broad SMARTS) is 1. The molecule has 1 aliphatic rings. The Balaban J connectivity index is 2.11. The van der Waals surface area contributed by atoms with Gasteiger partial charge in [0.1, 0.15) is 6.04 Å². The SMILES string of the molecule is NC(CC1CSc2ccccc21)C(=O)O. The van der Waals surface area contributed by atoms with Gasteiger partial charge in [0.05, 0.1) is 0 Å². The number of fused-ring (bicyclic) bond motifs is 1. The highest BCUT2D eigenvalue weighted by Gasteiger charge is 2.26. The van der Waals surface area contributed by atoms with Gasteiger partial charge in [0.25, 0.3) is 0 Å². The molecule has 2 unspecified atom stereocenters. The quantitative estimate of drug-likeness (QED) is 0.818. The van der Waals surface area contributed by atoms with Gasteiger partial charge in [0, 0.05) is 10.6 Å². The van der Waals surface area contributed by atoms with Crippen molar-refractivity contribution in [1.82, 2.24) is 0 Å². The Morgan fingerprint density at radius 3 is 3.07 bits per heavy atom. The Morgan fingerprint density at radius 1 is 1.60 bits per heavy atom. The zero-order chi connectivity index (χ0) is 10.8. The van der Waals surface area contributed by atoms with Crippen LogP contribution in [0.5, 0.6) is 0 Å². The van der Waals surface area contributed by atoms with E-state index in [0.29, 0.717) is 6.42 Å². The fraction of sp³-hybridized carbons (Fsp3) is 0.364. The Bertz CT molecular complexity index is 381. The van der Waals surface area contributed by atoms with E-state index < -0.39 is 12.0 Å². The summed E-state index contributed by atoms with van der Waals surface area (Å²) >= 11 is 1.78. The average molecular weight is 223 g/mol. The normalized spacial score (nSPS) is 21.0. The van der Waals surface area contributed by atoms with Gasteiger partial charge in [-0.1, -0.05) is 18.2 Å². The van der Waals surface area contributed by atoms with Crippen LogP contribution in [0, 0.1) is 0 Å². The number of carboxylic acids is 1. The van der Waals surface area contributed by atoms with Crippen molar-refractivity contribution in [2.45, 2.75) is 23.3 Å². The summed E-state index contributed by atoms with van der Waals surface area (Å²) in [7, 11) is 0. The van der Waals surface area contributed by atoms with E-state index in [0.717, 1.165) is 5.75 Å². The minimum Gasteiger partial charge on any atom is -0.480 e. The Labute approximate surface area is 92.7 Å². The second kappa shape index (κ2) is 4.24. The summed E-state index contributed by atoms with van der Waals surface area (Å²) in [6.45, 7) is 0. The van der Waals surface area contributed by atoms with Crippen LogP contribution in [0.2, 0.25) is 0 Å². The zero-order valence-corrected chi connectivity index (χ0v) is 9.04. The summed E-state index contributed by atoms with van der Waals surface area (Å²) in [5, 5.41) is 8.76. The van der Waals surface area contributed by atoms with Gasteiger partial charge in [-0.2, -0.15) is 0 Å². The Hall–Kier alpha value is -1.00. The molecule has 4 heteroatoms. The third-order valence-corrected chi connectivity index (χ3v) is 3.91. The molecule has 0 aliphatic carbocycles. The first-order valence-electron chi connectivity index (χ1n) is 4.88. The third kappa shape index (κ3) is 2.16. The molecule has 1 aliphatic heterocycles. The molecule has 0 saturated carbocycles. The number of rotatable bonds is 3. The van der Waals surface area contributed by atoms with Gasteiger partial charge < -0.3 is 10.8 Å². The summed E-state index contributed by atoms with van der Waals surface area (Å²) in [4.78, 5) is 11.9. The van der Waals surface area contributed by atoms with Crippen LogP contribution in [0.1, 0.15) is 17.9 Å². The van der Waals surface area contributed by atoms with E-state index in [1.54, 1.807) is 11.8 Å². The Kier molecular flexibility index (Phi) is 2.98. The molecule has 2 rings (SSSR count). The number of thioether (sulfide) groups is 1. The monoisotopic (exact) mass is 223 g/mol. The number of aliphatic carboxylic acids is 1. The molecule has 0 amide bonds. The molecule has 0 saturated heterocycles. The van der Waals surface area contributed by atoms with Gasteiger partial charge >= 0.3 is 5.97 Å². The van der Waals surface area contributed by atoms with Crippen LogP contribution in [0.3, 0.4) is 0 Å². The van der Waals surface area contributed by atoms with E-state index >= 15 is 0 Å². The summed E-state index contributed by atoms with van der Waals surface area (Å²) in [6.07, 6.45) is 0.527. The minimum absolute atomic E-state index is 0.289. The van der Waals surface area contributed by atoms with Crippen molar-refractivity contribution in [1.29, 1.82) is 0 Å². The van der Waals surface area contributed by atoms with Crippen molar-refractivity contribution in [3.8, 4) is 0 Å². The van der Waals surface area contributed by atoms with Crippen molar-refractivity contribution in [2.24, 2.45) is 5.73 Å². The molecular formula is C11H13NO2S. The number of hydrogen-bond donors (Lipinski definition) is 2. The lowest BCUT2D eigenvalue weighted by atomic mass is 9.94. The van der Waals surface area contributed by atoms with Gasteiger partial charge in [0.2, 0.25) is 0 Å². The van der Waals surface area contributed by atoms with Gasteiger partial charge in [0.15, 0.2) is 0 Å². The van der Waals surface area contributed by atoms with Crippen molar-refractivity contribution >= 4 is 17.7 Å². The molecular weight excluding hydrogens is 210 g/mol. The van der Waals surface area contributed by atoms with Gasteiger partial charge in [-0.25, -0.2) is 0 Å². The maximum Gasteiger partial charge on any atom is 0.320 e. The summed E-state index contributed by atoms with van der Waals surface area (Å²) in [5.41, 5.74) is 6.79. The molecule has 1 aromatic rings. The molecule has 2 atom stereocenters. The van der Waals surface area contributed by atoms with Crippen LogP contribution in [0.25, 0.3) is 0 Å². The van der Waals surface area contributed by atoms with E-state index in [2.05, 4.69) is 12.1 Å². The average Bonchev–Trinajstić information content (AvgIpc) is 2.62. The zero-order valence-electron chi connectivity index (χ0n) is 8.22. The molecule has 1 heterocycles. The number of nitrogens with two attached hydrogens (primary N) is 1. The fourth-order valence-electron chi connectivity index (χ4n) is 1.83. The lowest BCUT2D eigenvalue weighted by Gasteiger charge is -2.13. The lowest BCUT2D eigenvalue weighted by Crippen LogP contribution is -2.31. The molecule has 0 aromatic heterocycles. The summed E-state index contributed by atoms with van der Waals surface area (Å²) in [5.74, 6) is 0.321. The third-order valence-electron chi connectivity index (χ3n) is 2.65. The minimum atomic E-state index is -0.913. The van der Waals surface area contributed by atoms with Crippen LogP contribution in [-0.4, -0.2) is 22.9 Å². The standard InChI is InChI=1S/C11H13NO2S/c12-9(11(13)14)5-7-6-15-10-4-2-1-3-8(7)10/h1-4,7,9H,5-6,12H2,(H,13,14). The summed E-state index contributed by atoms with van der Waals surface area (Å²) < 4.78 is 0. The van der Waals surface area contributed by atoms with Crippen molar-refractivity contribution in [2.75, 3.05) is 5.75 Å². The number of benzene rings is 1. The fourth-order valence-corrected chi connectivity index (χ4v) is 3.10. The van der Waals surface area contributed by atoms with Gasteiger partial charge in [-0.15, -0.1) is 11.8 Å². The second-order valence-electron chi connectivity index (χ2n) is 3.73. The largest absolute Gasteiger partial charge is 0.480 e. The highest BCUT2D eigenvalue weighted by atomic mass is 32.2. The number of carbonyl (C=O) groups is 1. The molecule has 80 valence electrons. The van der Waals surface area contributed by atoms with E-state index in [1.807, 2.05) is 12.1 Å². The van der Waals surface area contributed by atoms with E-state index in [9.17, 15) is 4.79 Å². The molecule has 0 fully saturated rings. The van der Waals surface area contributed by atoms with E-state index in [1.165, 1.54) is 10.5 Å². The lowest BCUT2D eigenvalue weighted by molar-refractivity contribution is -0.138. The highest BCUT2D eigenvalue weighted by molar-refractivity contribution is 7.99. The second-order valence-corrected chi connectivity index (χ2v) is 4.79. The predicted molar refractivity (Wildman–Crippen MR) is 60.1 cm³/mol. The topological polar surface area (TPSA) is 63.3 Å². The molecule has 3 nitrogen and oxygen atoms in total. The van der Waals surface area contributed by atoms with Crippen LogP contribution >= 0.6 is 11.8 Å². The van der Waals surface area contributed by atoms with Crippen LogP contribution in [0.4, 0.5) is 0 Å². The molecule has 0 spiro atoms. The van der Waals surface area contributed by atoms with E-state index in [4.69, 9.17) is 10.8 Å². The first-order chi connectivity index (χ1) is 7.18. The van der Waals surface area contributed by atoms with Crippen LogP contribution in [0.15, 0.2) is 29.2 Å². The highest BCUT2D eigenvalue weighted by Crippen LogP contribution is 2.41. The van der Waals surface area contributed by atoms with Crippen LogP contribution in [-0.2, 0) is 4.79 Å². The molecule has 0 radical (unpaired) electrons. The van der Waals surface area contributed by atoms with Gasteiger partial charge in [-0.3, -0.25) is 4.79 Å². The first-order valence-corrected chi connectivity index (χ1v) is 5.87. The smallest absolute Gasteiger partial charge is 0.320 e. The molecule has 3 N–H and O–H groups in total.